The van der Waals surface area contributed by atoms with Gasteiger partial charge in [-0.2, -0.15) is 0 Å². The molecule has 1 heterocycles. The Balaban J connectivity index is 2.25. The highest BCUT2D eigenvalue weighted by molar-refractivity contribution is 5.91. The fourth-order valence-corrected chi connectivity index (χ4v) is 1.52. The molecule has 0 bridgehead atoms. The molecule has 110 valence electrons. The summed E-state index contributed by atoms with van der Waals surface area (Å²) in [6.45, 7) is 0. The number of rotatable bonds is 3. The van der Waals surface area contributed by atoms with Gasteiger partial charge in [-0.05, 0) is 24.3 Å². The van der Waals surface area contributed by atoms with Crippen molar-refractivity contribution in [1.82, 2.24) is 15.4 Å². The fraction of sp³-hybridized carbons (Fsp3) is 0.0833. The number of nitrogens with zero attached hydrogens (tertiary/aromatic N) is 2. The van der Waals surface area contributed by atoms with Crippen molar-refractivity contribution in [2.45, 2.75) is 6.36 Å². The van der Waals surface area contributed by atoms with E-state index in [1.165, 1.54) is 24.5 Å². The molecule has 0 radical (unpaired) electrons. The van der Waals surface area contributed by atoms with E-state index in [-0.39, 0.29) is 11.4 Å². The Labute approximate surface area is 116 Å². The van der Waals surface area contributed by atoms with E-state index in [4.69, 9.17) is 5.84 Å². The minimum Gasteiger partial charge on any atom is -0.406 e. The summed E-state index contributed by atoms with van der Waals surface area (Å²) < 4.78 is 39.9. The molecule has 9 heteroatoms. The number of carbonyl (C=O) groups excluding carboxylic acids is 1. The predicted molar refractivity (Wildman–Crippen MR) is 65.8 cm³/mol. The lowest BCUT2D eigenvalue weighted by Crippen LogP contribution is -2.30. The van der Waals surface area contributed by atoms with Gasteiger partial charge in [-0.1, -0.05) is 0 Å². The summed E-state index contributed by atoms with van der Waals surface area (Å²) in [5.41, 5.74) is 2.69. The van der Waals surface area contributed by atoms with Crippen molar-refractivity contribution >= 4 is 5.91 Å². The Hall–Kier alpha value is -2.68. The molecule has 3 N–H and O–H groups in total. The van der Waals surface area contributed by atoms with Crippen LogP contribution in [0.2, 0.25) is 0 Å². The third kappa shape index (κ3) is 3.89. The van der Waals surface area contributed by atoms with Crippen LogP contribution in [0.4, 0.5) is 13.2 Å². The van der Waals surface area contributed by atoms with E-state index < -0.39 is 12.3 Å². The molecule has 0 atom stereocenters. The summed E-state index contributed by atoms with van der Waals surface area (Å²) in [6.07, 6.45) is -2.17. The number of alkyl halides is 3. The molecule has 0 aliphatic carbocycles. The molecular formula is C12H9F3N4O2. The zero-order valence-electron chi connectivity index (χ0n) is 10.4. The highest BCUT2D eigenvalue weighted by atomic mass is 19.4. The van der Waals surface area contributed by atoms with Crippen LogP contribution < -0.4 is 16.0 Å². The van der Waals surface area contributed by atoms with Gasteiger partial charge in [0.25, 0.3) is 5.91 Å². The average Bonchev–Trinajstić information content (AvgIpc) is 2.45. The van der Waals surface area contributed by atoms with E-state index in [1.54, 1.807) is 0 Å². The first-order chi connectivity index (χ1) is 9.89. The Kier molecular flexibility index (Phi) is 4.03. The van der Waals surface area contributed by atoms with Crippen LogP contribution >= 0.6 is 0 Å². The van der Waals surface area contributed by atoms with Gasteiger partial charge >= 0.3 is 6.36 Å². The second kappa shape index (κ2) is 5.75. The summed E-state index contributed by atoms with van der Waals surface area (Å²) in [5, 5.41) is 0. The number of ether oxygens (including phenoxy) is 1. The Morgan fingerprint density at radius 2 is 1.86 bits per heavy atom. The smallest absolute Gasteiger partial charge is 0.406 e. The predicted octanol–water partition coefficient (Wildman–Crippen LogP) is 1.65. The zero-order chi connectivity index (χ0) is 15.5. The second-order valence-electron chi connectivity index (χ2n) is 3.84. The number of benzene rings is 1. The van der Waals surface area contributed by atoms with Gasteiger partial charge < -0.3 is 4.74 Å². The lowest BCUT2D eigenvalue weighted by atomic mass is 10.1. The zero-order valence-corrected chi connectivity index (χ0v) is 10.4. The second-order valence-corrected chi connectivity index (χ2v) is 3.84. The molecule has 6 nitrogen and oxygen atoms in total. The first kappa shape index (κ1) is 14.7. The molecule has 0 spiro atoms. The van der Waals surface area contributed by atoms with Crippen molar-refractivity contribution in [3.8, 4) is 17.0 Å². The van der Waals surface area contributed by atoms with Gasteiger partial charge in [0, 0.05) is 5.56 Å². The van der Waals surface area contributed by atoms with Crippen LogP contribution in [0.25, 0.3) is 11.3 Å². The van der Waals surface area contributed by atoms with Crippen molar-refractivity contribution in [3.05, 3.63) is 42.4 Å². The standard InChI is InChI=1S/C12H9F3N4O2/c13-12(14,15)21-8-3-1-7(2-4-8)9-5-17-6-10(18-9)11(20)19-16/h1-6H,16H2,(H,19,20). The summed E-state index contributed by atoms with van der Waals surface area (Å²) in [6, 6.07) is 5.02. The van der Waals surface area contributed by atoms with E-state index in [1.807, 2.05) is 5.43 Å². The SMILES string of the molecule is NNC(=O)c1cncc(-c2ccc(OC(F)(F)F)cc2)n1. The average molecular weight is 298 g/mol. The van der Waals surface area contributed by atoms with Gasteiger partial charge in [0.2, 0.25) is 0 Å². The first-order valence-corrected chi connectivity index (χ1v) is 5.58. The number of carbonyl (C=O) groups is 1. The fourth-order valence-electron chi connectivity index (χ4n) is 1.52. The van der Waals surface area contributed by atoms with Crippen molar-refractivity contribution in [3.63, 3.8) is 0 Å². The summed E-state index contributed by atoms with van der Waals surface area (Å²) >= 11 is 0. The number of nitrogens with two attached hydrogens (primary N) is 1. The summed E-state index contributed by atoms with van der Waals surface area (Å²) in [7, 11) is 0. The lowest BCUT2D eigenvalue weighted by molar-refractivity contribution is -0.274. The number of aromatic nitrogens is 2. The van der Waals surface area contributed by atoms with Crippen LogP contribution in [-0.2, 0) is 0 Å². The van der Waals surface area contributed by atoms with Crippen molar-refractivity contribution < 1.29 is 22.7 Å². The topological polar surface area (TPSA) is 90.1 Å². The minimum absolute atomic E-state index is 0.00869. The Morgan fingerprint density at radius 1 is 1.19 bits per heavy atom. The normalized spacial score (nSPS) is 11.0. The van der Waals surface area contributed by atoms with Crippen LogP contribution in [0, 0.1) is 0 Å². The van der Waals surface area contributed by atoms with Crippen LogP contribution in [-0.4, -0.2) is 22.2 Å². The highest BCUT2D eigenvalue weighted by Gasteiger charge is 2.30. The molecule has 0 saturated carbocycles. The van der Waals surface area contributed by atoms with Crippen molar-refractivity contribution in [2.75, 3.05) is 0 Å². The number of nitrogen functional groups attached to an aromatic ring is 1. The van der Waals surface area contributed by atoms with Gasteiger partial charge in [0.05, 0.1) is 18.1 Å². The van der Waals surface area contributed by atoms with Gasteiger partial charge in [-0.15, -0.1) is 13.2 Å². The monoisotopic (exact) mass is 298 g/mol. The molecule has 0 aliphatic heterocycles. The molecule has 0 fully saturated rings. The van der Waals surface area contributed by atoms with Crippen molar-refractivity contribution in [1.29, 1.82) is 0 Å². The van der Waals surface area contributed by atoms with Gasteiger partial charge in [0.15, 0.2) is 0 Å². The van der Waals surface area contributed by atoms with E-state index in [9.17, 15) is 18.0 Å². The van der Waals surface area contributed by atoms with E-state index >= 15 is 0 Å². The van der Waals surface area contributed by atoms with Crippen LogP contribution in [0.3, 0.4) is 0 Å². The van der Waals surface area contributed by atoms with Crippen molar-refractivity contribution in [2.24, 2.45) is 5.84 Å². The largest absolute Gasteiger partial charge is 0.573 e. The molecule has 2 aromatic rings. The highest BCUT2D eigenvalue weighted by Crippen LogP contribution is 2.25. The maximum absolute atomic E-state index is 12.0. The Bertz CT molecular complexity index is 644. The third-order valence-electron chi connectivity index (χ3n) is 2.38. The van der Waals surface area contributed by atoms with Crippen LogP contribution in [0.5, 0.6) is 5.75 Å². The number of nitrogens with one attached hydrogen (secondary N) is 1. The molecule has 21 heavy (non-hydrogen) atoms. The van der Waals surface area contributed by atoms with Gasteiger partial charge in [-0.25, -0.2) is 10.8 Å². The molecule has 0 unspecified atom stereocenters. The number of hydrogen-bond acceptors (Lipinski definition) is 5. The molecule has 2 rings (SSSR count). The quantitative estimate of drug-likeness (QED) is 0.511. The molecule has 0 aliphatic rings. The summed E-state index contributed by atoms with van der Waals surface area (Å²) in [5.74, 6) is 4.01. The molecule has 0 saturated heterocycles. The van der Waals surface area contributed by atoms with E-state index in [0.717, 1.165) is 12.1 Å². The number of hydrogen-bond donors (Lipinski definition) is 2. The number of amides is 1. The molecule has 1 aromatic carbocycles. The van der Waals surface area contributed by atoms with E-state index in [0.29, 0.717) is 11.3 Å². The number of halogens is 3. The number of hydrazine groups is 1. The Morgan fingerprint density at radius 3 is 2.43 bits per heavy atom. The molecule has 1 aromatic heterocycles. The molecule has 1 amide bonds. The maximum atomic E-state index is 12.0. The van der Waals surface area contributed by atoms with Crippen LogP contribution in [0.1, 0.15) is 10.5 Å². The third-order valence-corrected chi connectivity index (χ3v) is 2.38. The maximum Gasteiger partial charge on any atom is 0.573 e. The summed E-state index contributed by atoms with van der Waals surface area (Å²) in [4.78, 5) is 19.1. The van der Waals surface area contributed by atoms with Gasteiger partial charge in [0.1, 0.15) is 11.4 Å². The van der Waals surface area contributed by atoms with E-state index in [2.05, 4.69) is 14.7 Å². The molecular weight excluding hydrogens is 289 g/mol. The minimum atomic E-state index is -4.75. The lowest BCUT2D eigenvalue weighted by Gasteiger charge is -2.09. The first-order valence-electron chi connectivity index (χ1n) is 5.58. The van der Waals surface area contributed by atoms with Crippen LogP contribution in [0.15, 0.2) is 36.7 Å². The van der Waals surface area contributed by atoms with Gasteiger partial charge in [-0.3, -0.25) is 15.2 Å².